The van der Waals surface area contributed by atoms with Crippen molar-refractivity contribution in [2.45, 2.75) is 39.7 Å². The summed E-state index contributed by atoms with van der Waals surface area (Å²) in [6, 6.07) is 4.26. The summed E-state index contributed by atoms with van der Waals surface area (Å²) >= 11 is 3.51. The van der Waals surface area contributed by atoms with Crippen LogP contribution in [0.25, 0.3) is 0 Å². The second-order valence-corrected chi connectivity index (χ2v) is 5.33. The number of rotatable bonds is 5. The van der Waals surface area contributed by atoms with Gasteiger partial charge in [0, 0.05) is 16.9 Å². The summed E-state index contributed by atoms with van der Waals surface area (Å²) in [5.74, 6) is 6.82. The van der Waals surface area contributed by atoms with Gasteiger partial charge in [0.15, 0.2) is 0 Å². The van der Waals surface area contributed by atoms with E-state index in [2.05, 4.69) is 46.8 Å². The van der Waals surface area contributed by atoms with Gasteiger partial charge < -0.3 is 10.5 Å². The van der Waals surface area contributed by atoms with Crippen LogP contribution >= 0.6 is 15.9 Å². The van der Waals surface area contributed by atoms with Gasteiger partial charge in [0.05, 0.1) is 6.61 Å². The van der Waals surface area contributed by atoms with Crippen molar-refractivity contribution in [3.63, 3.8) is 0 Å². The molecule has 0 saturated heterocycles. The average Bonchev–Trinajstić information content (AvgIpc) is 2.26. The molecular formula is C15H20BrNO. The molecule has 2 N–H and O–H groups in total. The smallest absolute Gasteiger partial charge is 0.125 e. The first kappa shape index (κ1) is 15.1. The fourth-order valence-corrected chi connectivity index (χ4v) is 2.45. The van der Waals surface area contributed by atoms with Crippen LogP contribution in [-0.2, 0) is 6.42 Å². The van der Waals surface area contributed by atoms with E-state index in [1.807, 2.05) is 13.8 Å². The fraction of sp³-hybridized carbons (Fsp3) is 0.467. The van der Waals surface area contributed by atoms with Crippen LogP contribution in [0, 0.1) is 18.8 Å². The van der Waals surface area contributed by atoms with Gasteiger partial charge in [-0.05, 0) is 50.5 Å². The molecule has 98 valence electrons. The molecule has 0 spiro atoms. The molecule has 0 amide bonds. The van der Waals surface area contributed by atoms with Crippen molar-refractivity contribution >= 4 is 15.9 Å². The predicted molar refractivity (Wildman–Crippen MR) is 79.8 cm³/mol. The monoisotopic (exact) mass is 309 g/mol. The zero-order valence-electron chi connectivity index (χ0n) is 11.2. The Bertz CT molecular complexity index is 458. The van der Waals surface area contributed by atoms with E-state index in [9.17, 15) is 0 Å². The second-order valence-electron chi connectivity index (χ2n) is 4.42. The van der Waals surface area contributed by atoms with E-state index in [0.29, 0.717) is 6.61 Å². The van der Waals surface area contributed by atoms with Gasteiger partial charge in [-0.3, -0.25) is 0 Å². The molecule has 0 fully saturated rings. The van der Waals surface area contributed by atoms with Gasteiger partial charge in [-0.1, -0.05) is 15.9 Å². The largest absolute Gasteiger partial charge is 0.492 e. The Balaban J connectivity index is 2.87. The summed E-state index contributed by atoms with van der Waals surface area (Å²) < 4.78 is 6.91. The van der Waals surface area contributed by atoms with Gasteiger partial charge in [-0.2, -0.15) is 0 Å². The van der Waals surface area contributed by atoms with Gasteiger partial charge in [0.2, 0.25) is 0 Å². The van der Waals surface area contributed by atoms with E-state index in [4.69, 9.17) is 10.5 Å². The number of ether oxygens (including phenoxy) is 1. The lowest BCUT2D eigenvalue weighted by Gasteiger charge is -2.15. The van der Waals surface area contributed by atoms with Crippen molar-refractivity contribution in [1.29, 1.82) is 0 Å². The van der Waals surface area contributed by atoms with Crippen LogP contribution in [-0.4, -0.2) is 12.6 Å². The van der Waals surface area contributed by atoms with E-state index in [1.165, 1.54) is 0 Å². The molecule has 2 nitrogen and oxygen atoms in total. The number of nitrogens with two attached hydrogens (primary N) is 1. The Morgan fingerprint density at radius 2 is 2.17 bits per heavy atom. The highest BCUT2D eigenvalue weighted by Crippen LogP contribution is 2.29. The van der Waals surface area contributed by atoms with E-state index < -0.39 is 0 Å². The Kier molecular flexibility index (Phi) is 6.24. The SMILES string of the molecule is CC#CCCOc1c(C)cc(Br)cc1CC(C)N. The first-order chi connectivity index (χ1) is 8.54. The van der Waals surface area contributed by atoms with Crippen LogP contribution in [0.5, 0.6) is 5.75 Å². The maximum absolute atomic E-state index is 5.88. The highest BCUT2D eigenvalue weighted by atomic mass is 79.9. The molecule has 0 aromatic heterocycles. The van der Waals surface area contributed by atoms with Crippen molar-refractivity contribution in [1.82, 2.24) is 0 Å². The van der Waals surface area contributed by atoms with Crippen molar-refractivity contribution in [3.05, 3.63) is 27.7 Å². The fourth-order valence-electron chi connectivity index (χ4n) is 1.83. The van der Waals surface area contributed by atoms with Gasteiger partial charge >= 0.3 is 0 Å². The molecule has 1 unspecified atom stereocenters. The molecule has 0 saturated carbocycles. The maximum Gasteiger partial charge on any atom is 0.125 e. The zero-order valence-corrected chi connectivity index (χ0v) is 12.8. The summed E-state index contributed by atoms with van der Waals surface area (Å²) in [6.07, 6.45) is 1.57. The lowest BCUT2D eigenvalue weighted by atomic mass is 10.0. The number of hydrogen-bond acceptors (Lipinski definition) is 2. The van der Waals surface area contributed by atoms with Crippen molar-refractivity contribution < 1.29 is 4.74 Å². The van der Waals surface area contributed by atoms with E-state index >= 15 is 0 Å². The van der Waals surface area contributed by atoms with Gasteiger partial charge in [-0.15, -0.1) is 11.8 Å². The summed E-state index contributed by atoms with van der Waals surface area (Å²) in [7, 11) is 0. The third-order valence-electron chi connectivity index (χ3n) is 2.51. The van der Waals surface area contributed by atoms with Crippen LogP contribution in [0.4, 0.5) is 0 Å². The number of halogens is 1. The lowest BCUT2D eigenvalue weighted by Crippen LogP contribution is -2.18. The summed E-state index contributed by atoms with van der Waals surface area (Å²) in [5.41, 5.74) is 8.16. The molecule has 1 aromatic rings. The highest BCUT2D eigenvalue weighted by molar-refractivity contribution is 9.10. The van der Waals surface area contributed by atoms with Gasteiger partial charge in [-0.25, -0.2) is 0 Å². The minimum Gasteiger partial charge on any atom is -0.492 e. The summed E-state index contributed by atoms with van der Waals surface area (Å²) in [4.78, 5) is 0. The molecule has 1 rings (SSSR count). The van der Waals surface area contributed by atoms with Crippen molar-refractivity contribution in [3.8, 4) is 17.6 Å². The number of hydrogen-bond donors (Lipinski definition) is 1. The zero-order chi connectivity index (χ0) is 13.5. The Hall–Kier alpha value is -0.980. The molecule has 0 bridgehead atoms. The lowest BCUT2D eigenvalue weighted by molar-refractivity contribution is 0.321. The molecular weight excluding hydrogens is 290 g/mol. The third kappa shape index (κ3) is 4.72. The van der Waals surface area contributed by atoms with Crippen LogP contribution in [0.15, 0.2) is 16.6 Å². The van der Waals surface area contributed by atoms with Gasteiger partial charge in [0.25, 0.3) is 0 Å². The summed E-state index contributed by atoms with van der Waals surface area (Å²) in [5, 5.41) is 0. The highest BCUT2D eigenvalue weighted by Gasteiger charge is 2.10. The minimum absolute atomic E-state index is 0.122. The average molecular weight is 310 g/mol. The third-order valence-corrected chi connectivity index (χ3v) is 2.97. The van der Waals surface area contributed by atoms with E-state index in [0.717, 1.165) is 34.2 Å². The van der Waals surface area contributed by atoms with Crippen LogP contribution in [0.1, 0.15) is 31.4 Å². The standard InChI is InChI=1S/C15H20BrNO/c1-4-5-6-7-18-15-11(2)8-14(16)10-13(15)9-12(3)17/h8,10,12H,6-7,9,17H2,1-3H3. The van der Waals surface area contributed by atoms with Crippen LogP contribution in [0.3, 0.4) is 0 Å². The molecule has 1 atom stereocenters. The molecule has 1 aromatic carbocycles. The maximum atomic E-state index is 5.88. The first-order valence-electron chi connectivity index (χ1n) is 6.11. The molecule has 0 aliphatic carbocycles. The Labute approximate surface area is 118 Å². The number of benzene rings is 1. The molecule has 0 aliphatic rings. The minimum atomic E-state index is 0.122. The number of aryl methyl sites for hydroxylation is 1. The Morgan fingerprint density at radius 3 is 2.78 bits per heavy atom. The molecule has 0 aliphatic heterocycles. The molecule has 3 heteroatoms. The van der Waals surface area contributed by atoms with Crippen LogP contribution in [0.2, 0.25) is 0 Å². The van der Waals surface area contributed by atoms with Gasteiger partial charge in [0.1, 0.15) is 5.75 Å². The normalized spacial score (nSPS) is 11.6. The quantitative estimate of drug-likeness (QED) is 0.668. The second kappa shape index (κ2) is 7.45. The Morgan fingerprint density at radius 1 is 1.44 bits per heavy atom. The van der Waals surface area contributed by atoms with Crippen molar-refractivity contribution in [2.24, 2.45) is 5.73 Å². The summed E-state index contributed by atoms with van der Waals surface area (Å²) in [6.45, 7) is 6.51. The molecule has 0 radical (unpaired) electrons. The predicted octanol–water partition coefficient (Wildman–Crippen LogP) is 3.44. The topological polar surface area (TPSA) is 35.2 Å². The van der Waals surface area contributed by atoms with Crippen molar-refractivity contribution in [2.75, 3.05) is 6.61 Å². The first-order valence-corrected chi connectivity index (χ1v) is 6.91. The molecule has 18 heavy (non-hydrogen) atoms. The molecule has 0 heterocycles. The van der Waals surface area contributed by atoms with Crippen LogP contribution < -0.4 is 10.5 Å². The van der Waals surface area contributed by atoms with E-state index in [1.54, 1.807) is 0 Å². The van der Waals surface area contributed by atoms with E-state index in [-0.39, 0.29) is 6.04 Å².